The number of piperidine rings is 1. The van der Waals surface area contributed by atoms with Gasteiger partial charge >= 0.3 is 24.3 Å². The number of carbonyl (C=O) groups excluding carboxylic acids is 1. The molecule has 1 amide bonds. The number of amides is 1. The Bertz CT molecular complexity index is 902. The van der Waals surface area contributed by atoms with Gasteiger partial charge in [0.25, 0.3) is 0 Å². The Hall–Kier alpha value is -2.95. The Labute approximate surface area is 227 Å². The molecule has 2 fully saturated rings. The van der Waals surface area contributed by atoms with Crippen molar-refractivity contribution in [1.82, 2.24) is 24.8 Å². The van der Waals surface area contributed by atoms with Crippen LogP contribution in [0.15, 0.2) is 6.20 Å². The molecular formula is C23H36F6N6O5. The van der Waals surface area contributed by atoms with Gasteiger partial charge in [0.1, 0.15) is 0 Å². The lowest BCUT2D eigenvalue weighted by molar-refractivity contribution is -0.193. The van der Waals surface area contributed by atoms with Crippen molar-refractivity contribution in [1.29, 1.82) is 0 Å². The van der Waals surface area contributed by atoms with Crippen LogP contribution in [0.5, 0.6) is 0 Å². The molecule has 1 aromatic rings. The Morgan fingerprint density at radius 2 is 1.43 bits per heavy atom. The van der Waals surface area contributed by atoms with E-state index in [1.807, 2.05) is 9.58 Å². The lowest BCUT2D eigenvalue weighted by Crippen LogP contribution is -2.42. The van der Waals surface area contributed by atoms with Crippen molar-refractivity contribution < 1.29 is 50.9 Å². The third kappa shape index (κ3) is 12.5. The highest BCUT2D eigenvalue weighted by molar-refractivity contribution is 5.78. The van der Waals surface area contributed by atoms with Crippen LogP contribution in [0.3, 0.4) is 0 Å². The van der Waals surface area contributed by atoms with Crippen molar-refractivity contribution in [3.63, 3.8) is 0 Å². The quantitative estimate of drug-likeness (QED) is 0.335. The number of nitrogens with two attached hydrogens (primary N) is 1. The smallest absolute Gasteiger partial charge is 0.475 e. The lowest BCUT2D eigenvalue weighted by Gasteiger charge is -2.31. The van der Waals surface area contributed by atoms with Crippen LogP contribution in [0.4, 0.5) is 26.3 Å². The second-order valence-corrected chi connectivity index (χ2v) is 9.32. The molecule has 4 N–H and O–H groups in total. The summed E-state index contributed by atoms with van der Waals surface area (Å²) in [6, 6.07) is 1.03. The van der Waals surface area contributed by atoms with E-state index in [1.54, 1.807) is 0 Å². The van der Waals surface area contributed by atoms with Crippen molar-refractivity contribution in [2.24, 2.45) is 5.73 Å². The van der Waals surface area contributed by atoms with Crippen LogP contribution in [0, 0.1) is 0 Å². The summed E-state index contributed by atoms with van der Waals surface area (Å²) >= 11 is 0. The minimum Gasteiger partial charge on any atom is -0.475 e. The molecule has 0 bridgehead atoms. The lowest BCUT2D eigenvalue weighted by atomic mass is 10.1. The molecule has 0 radical (unpaired) electrons. The first-order valence-corrected chi connectivity index (χ1v) is 12.8. The van der Waals surface area contributed by atoms with Gasteiger partial charge in [0.2, 0.25) is 5.91 Å². The zero-order valence-corrected chi connectivity index (χ0v) is 22.1. The molecule has 2 heterocycles. The number of hydrogen-bond acceptors (Lipinski definition) is 7. The Balaban J connectivity index is 0.000000473. The molecule has 2 aliphatic rings. The van der Waals surface area contributed by atoms with Gasteiger partial charge in [-0.05, 0) is 32.2 Å². The number of alkyl halides is 6. The van der Waals surface area contributed by atoms with Crippen molar-refractivity contribution >= 4 is 17.8 Å². The second-order valence-electron chi connectivity index (χ2n) is 9.32. The third-order valence-corrected chi connectivity index (χ3v) is 6.52. The predicted octanol–water partition coefficient (Wildman–Crippen LogP) is 3.21. The van der Waals surface area contributed by atoms with E-state index in [4.69, 9.17) is 25.5 Å². The fourth-order valence-corrected chi connectivity index (χ4v) is 4.40. The van der Waals surface area contributed by atoms with Crippen LogP contribution in [0.2, 0.25) is 0 Å². The van der Waals surface area contributed by atoms with Crippen molar-refractivity contribution in [2.75, 3.05) is 26.2 Å². The summed E-state index contributed by atoms with van der Waals surface area (Å²) in [5.74, 6) is -5.47. The SMILES string of the molecule is CCN(Cc1cn(C2CCN(C(=O)CN)CC2)nn1)C1CCCCCC1.O=C(O)C(F)(F)F.O=C(O)C(F)(F)F. The molecule has 1 aliphatic heterocycles. The number of aliphatic carboxylic acids is 2. The monoisotopic (exact) mass is 590 g/mol. The number of nitrogens with zero attached hydrogens (tertiary/aromatic N) is 5. The van der Waals surface area contributed by atoms with Gasteiger partial charge in [0.15, 0.2) is 0 Å². The van der Waals surface area contributed by atoms with E-state index in [0.717, 1.165) is 44.7 Å². The molecule has 1 aliphatic carbocycles. The van der Waals surface area contributed by atoms with Crippen molar-refractivity contribution in [3.05, 3.63) is 11.9 Å². The average molecular weight is 591 g/mol. The average Bonchev–Trinajstić information content (AvgIpc) is 3.19. The van der Waals surface area contributed by atoms with Crippen LogP contribution in [-0.4, -0.2) is 97.4 Å². The summed E-state index contributed by atoms with van der Waals surface area (Å²) in [5.41, 5.74) is 6.53. The number of halogens is 6. The standard InChI is InChI=1S/C19H34N6O.2C2HF3O2/c1-2-23(17-7-5-3-4-6-8-17)14-16-15-25(22-21-16)18-9-11-24(12-10-18)19(26)13-20;2*3-2(4,5)1(6)7/h15,17-18H,2-14,20H2,1H3;2*(H,6,7). The first-order chi connectivity index (χ1) is 18.6. The molecule has 0 unspecified atom stereocenters. The maximum absolute atomic E-state index is 11.7. The zero-order valence-electron chi connectivity index (χ0n) is 22.1. The summed E-state index contributed by atoms with van der Waals surface area (Å²) in [4.78, 5) is 33.9. The summed E-state index contributed by atoms with van der Waals surface area (Å²) in [6.07, 6.45) is 1.91. The van der Waals surface area contributed by atoms with Crippen LogP contribution in [-0.2, 0) is 20.9 Å². The first kappa shape index (κ1) is 35.1. The summed E-state index contributed by atoms with van der Waals surface area (Å²) < 4.78 is 65.5. The van der Waals surface area contributed by atoms with E-state index in [-0.39, 0.29) is 12.5 Å². The van der Waals surface area contributed by atoms with Gasteiger partial charge in [-0.15, -0.1) is 5.10 Å². The molecule has 11 nitrogen and oxygen atoms in total. The number of carboxylic acid groups (broad SMARTS) is 2. The molecule has 40 heavy (non-hydrogen) atoms. The number of aromatic nitrogens is 3. The minimum atomic E-state index is -5.08. The number of carboxylic acids is 2. The van der Waals surface area contributed by atoms with Crippen LogP contribution in [0.1, 0.15) is 70.0 Å². The second kappa shape index (κ2) is 16.3. The highest BCUT2D eigenvalue weighted by Crippen LogP contribution is 2.24. The maximum Gasteiger partial charge on any atom is 0.490 e. The van der Waals surface area contributed by atoms with Gasteiger partial charge in [-0.1, -0.05) is 37.8 Å². The zero-order chi connectivity index (χ0) is 30.5. The van der Waals surface area contributed by atoms with E-state index < -0.39 is 24.3 Å². The van der Waals surface area contributed by atoms with Gasteiger partial charge in [-0.25, -0.2) is 14.3 Å². The topological polar surface area (TPSA) is 155 Å². The van der Waals surface area contributed by atoms with Gasteiger partial charge < -0.3 is 20.8 Å². The fourth-order valence-electron chi connectivity index (χ4n) is 4.40. The van der Waals surface area contributed by atoms with E-state index in [1.165, 1.54) is 38.5 Å². The molecular weight excluding hydrogens is 554 g/mol. The van der Waals surface area contributed by atoms with Gasteiger partial charge in [-0.2, -0.15) is 26.3 Å². The van der Waals surface area contributed by atoms with Crippen LogP contribution >= 0.6 is 0 Å². The molecule has 17 heteroatoms. The molecule has 0 atom stereocenters. The molecule has 230 valence electrons. The van der Waals surface area contributed by atoms with E-state index in [0.29, 0.717) is 12.1 Å². The summed E-state index contributed by atoms with van der Waals surface area (Å²) in [5, 5.41) is 23.1. The maximum atomic E-state index is 11.7. The van der Waals surface area contributed by atoms with Crippen LogP contribution < -0.4 is 5.73 Å². The Kier molecular flexibility index (Phi) is 14.3. The highest BCUT2D eigenvalue weighted by Gasteiger charge is 2.39. The van der Waals surface area contributed by atoms with Crippen molar-refractivity contribution in [3.8, 4) is 0 Å². The van der Waals surface area contributed by atoms with E-state index in [9.17, 15) is 31.1 Å². The summed E-state index contributed by atoms with van der Waals surface area (Å²) in [7, 11) is 0. The Morgan fingerprint density at radius 1 is 0.950 bits per heavy atom. The fraction of sp³-hybridized carbons (Fsp3) is 0.783. The van der Waals surface area contributed by atoms with Gasteiger partial charge in [-0.3, -0.25) is 9.69 Å². The number of likely N-dealkylation sites (tertiary alicyclic amines) is 1. The summed E-state index contributed by atoms with van der Waals surface area (Å²) in [6.45, 7) is 5.84. The molecule has 0 aromatic carbocycles. The van der Waals surface area contributed by atoms with E-state index >= 15 is 0 Å². The van der Waals surface area contributed by atoms with Crippen molar-refractivity contribution in [2.45, 2.75) is 89.3 Å². The normalized spacial score (nSPS) is 17.3. The van der Waals surface area contributed by atoms with Gasteiger partial charge in [0.05, 0.1) is 24.5 Å². The minimum absolute atomic E-state index is 0.0460. The highest BCUT2D eigenvalue weighted by atomic mass is 19.4. The number of carbonyl (C=O) groups is 3. The van der Waals surface area contributed by atoms with Gasteiger partial charge in [0, 0.05) is 25.7 Å². The molecule has 1 aromatic heterocycles. The molecule has 1 saturated heterocycles. The number of hydrogen-bond donors (Lipinski definition) is 3. The molecule has 3 rings (SSSR count). The van der Waals surface area contributed by atoms with Crippen LogP contribution in [0.25, 0.3) is 0 Å². The first-order valence-electron chi connectivity index (χ1n) is 12.8. The third-order valence-electron chi connectivity index (χ3n) is 6.52. The molecule has 1 saturated carbocycles. The van der Waals surface area contributed by atoms with E-state index in [2.05, 4.69) is 28.3 Å². The Morgan fingerprint density at radius 3 is 1.82 bits per heavy atom. The predicted molar refractivity (Wildman–Crippen MR) is 129 cm³/mol. The molecule has 0 spiro atoms. The largest absolute Gasteiger partial charge is 0.490 e. The number of rotatable bonds is 6.